The first kappa shape index (κ1) is 16.6. The van der Waals surface area contributed by atoms with Gasteiger partial charge in [0.15, 0.2) is 0 Å². The number of hydrogen-bond donors (Lipinski definition) is 2. The second-order valence-corrected chi connectivity index (χ2v) is 7.16. The molecule has 0 radical (unpaired) electrons. The third-order valence-electron chi connectivity index (χ3n) is 2.92. The summed E-state index contributed by atoms with van der Waals surface area (Å²) in [6.07, 6.45) is 2.50. The van der Waals surface area contributed by atoms with Crippen molar-refractivity contribution in [2.75, 3.05) is 13.2 Å². The van der Waals surface area contributed by atoms with E-state index < -0.39 is 10.0 Å². The van der Waals surface area contributed by atoms with E-state index in [0.717, 1.165) is 17.3 Å². The van der Waals surface area contributed by atoms with Gasteiger partial charge in [-0.15, -0.1) is 0 Å². The SMILES string of the molecule is CCCC(CCO)CNS(=O)(=O)c1ccc(Br)cc1. The van der Waals surface area contributed by atoms with Gasteiger partial charge in [-0.05, 0) is 43.0 Å². The maximum absolute atomic E-state index is 12.1. The fourth-order valence-corrected chi connectivity index (χ4v) is 3.24. The molecule has 0 saturated heterocycles. The van der Waals surface area contributed by atoms with E-state index in [-0.39, 0.29) is 17.4 Å². The van der Waals surface area contributed by atoms with Crippen LogP contribution in [0.4, 0.5) is 0 Å². The van der Waals surface area contributed by atoms with E-state index >= 15 is 0 Å². The molecule has 1 atom stereocenters. The molecule has 0 spiro atoms. The Balaban J connectivity index is 2.66. The lowest BCUT2D eigenvalue weighted by atomic mass is 10.0. The lowest BCUT2D eigenvalue weighted by Gasteiger charge is -2.15. The van der Waals surface area contributed by atoms with Crippen LogP contribution in [0, 0.1) is 5.92 Å². The van der Waals surface area contributed by atoms with Crippen LogP contribution in [0.25, 0.3) is 0 Å². The van der Waals surface area contributed by atoms with Crippen LogP contribution in [-0.4, -0.2) is 26.7 Å². The van der Waals surface area contributed by atoms with Gasteiger partial charge in [0.05, 0.1) is 4.90 Å². The van der Waals surface area contributed by atoms with Crippen LogP contribution in [0.2, 0.25) is 0 Å². The maximum Gasteiger partial charge on any atom is 0.240 e. The number of hydrogen-bond acceptors (Lipinski definition) is 3. The molecule has 0 fully saturated rings. The normalized spacial score (nSPS) is 13.4. The van der Waals surface area contributed by atoms with E-state index in [1.165, 1.54) is 0 Å². The summed E-state index contributed by atoms with van der Waals surface area (Å²) in [5.74, 6) is 0.181. The number of rotatable bonds is 8. The van der Waals surface area contributed by atoms with Gasteiger partial charge < -0.3 is 5.11 Å². The summed E-state index contributed by atoms with van der Waals surface area (Å²) in [5, 5.41) is 8.96. The number of aliphatic hydroxyl groups excluding tert-OH is 1. The van der Waals surface area contributed by atoms with Crippen molar-refractivity contribution in [2.24, 2.45) is 5.92 Å². The van der Waals surface area contributed by atoms with Gasteiger partial charge in [0, 0.05) is 17.6 Å². The zero-order valence-electron chi connectivity index (χ0n) is 11.0. The van der Waals surface area contributed by atoms with E-state index in [9.17, 15) is 8.42 Å². The van der Waals surface area contributed by atoms with Gasteiger partial charge in [0.25, 0.3) is 0 Å². The molecule has 0 aliphatic rings. The van der Waals surface area contributed by atoms with Crippen LogP contribution < -0.4 is 4.72 Å². The van der Waals surface area contributed by atoms with Gasteiger partial charge in [-0.2, -0.15) is 0 Å². The monoisotopic (exact) mass is 349 g/mol. The van der Waals surface area contributed by atoms with Crippen LogP contribution >= 0.6 is 15.9 Å². The highest BCUT2D eigenvalue weighted by Crippen LogP contribution is 2.16. The first-order valence-electron chi connectivity index (χ1n) is 6.35. The predicted molar refractivity (Wildman–Crippen MR) is 79.4 cm³/mol. The Morgan fingerprint density at radius 2 is 1.89 bits per heavy atom. The van der Waals surface area contributed by atoms with Gasteiger partial charge >= 0.3 is 0 Å². The fourth-order valence-electron chi connectivity index (χ4n) is 1.86. The number of sulfonamides is 1. The first-order valence-corrected chi connectivity index (χ1v) is 8.63. The minimum atomic E-state index is -3.46. The Labute approximate surface area is 123 Å². The standard InChI is InChI=1S/C13H20BrNO3S/c1-2-3-11(8-9-16)10-15-19(17,18)13-6-4-12(14)5-7-13/h4-7,11,15-16H,2-3,8-10H2,1H3. The van der Waals surface area contributed by atoms with Crippen LogP contribution in [-0.2, 0) is 10.0 Å². The summed E-state index contributed by atoms with van der Waals surface area (Å²) in [5.41, 5.74) is 0. The lowest BCUT2D eigenvalue weighted by molar-refractivity contribution is 0.251. The Morgan fingerprint density at radius 3 is 2.42 bits per heavy atom. The first-order chi connectivity index (χ1) is 8.99. The number of halogens is 1. The Bertz CT molecular complexity index is 467. The second-order valence-electron chi connectivity index (χ2n) is 4.47. The van der Waals surface area contributed by atoms with Crippen molar-refractivity contribution in [1.82, 2.24) is 4.72 Å². The molecule has 1 aromatic carbocycles. The fraction of sp³-hybridized carbons (Fsp3) is 0.538. The minimum absolute atomic E-state index is 0.0880. The van der Waals surface area contributed by atoms with E-state index in [1.54, 1.807) is 24.3 Å². The summed E-state index contributed by atoms with van der Waals surface area (Å²) in [7, 11) is -3.46. The van der Waals surface area contributed by atoms with Crippen LogP contribution in [0.1, 0.15) is 26.2 Å². The van der Waals surface area contributed by atoms with E-state index in [2.05, 4.69) is 20.7 Å². The molecular weight excluding hydrogens is 330 g/mol. The molecule has 0 aliphatic carbocycles. The second kappa shape index (κ2) is 7.99. The quantitative estimate of drug-likeness (QED) is 0.757. The van der Waals surface area contributed by atoms with Crippen molar-refractivity contribution >= 4 is 26.0 Å². The Morgan fingerprint density at radius 1 is 1.26 bits per heavy atom. The van der Waals surface area contributed by atoms with E-state index in [0.29, 0.717) is 13.0 Å². The highest BCUT2D eigenvalue weighted by molar-refractivity contribution is 9.10. The van der Waals surface area contributed by atoms with E-state index in [4.69, 9.17) is 5.11 Å². The van der Waals surface area contributed by atoms with Crippen molar-refractivity contribution in [1.29, 1.82) is 0 Å². The molecule has 0 saturated carbocycles. The van der Waals surface area contributed by atoms with Gasteiger partial charge in [-0.25, -0.2) is 13.1 Å². The molecular formula is C13H20BrNO3S. The van der Waals surface area contributed by atoms with Crippen LogP contribution in [0.15, 0.2) is 33.6 Å². The Hall–Kier alpha value is -0.430. The van der Waals surface area contributed by atoms with Crippen molar-refractivity contribution in [3.8, 4) is 0 Å². The summed E-state index contributed by atoms with van der Waals surface area (Å²) >= 11 is 3.27. The number of benzene rings is 1. The summed E-state index contributed by atoms with van der Waals surface area (Å²) in [6.45, 7) is 2.51. The van der Waals surface area contributed by atoms with Gasteiger partial charge in [-0.1, -0.05) is 29.3 Å². The molecule has 1 unspecified atom stereocenters. The molecule has 0 amide bonds. The molecule has 0 heterocycles. The van der Waals surface area contributed by atoms with Gasteiger partial charge in [-0.3, -0.25) is 0 Å². The summed E-state index contributed by atoms with van der Waals surface area (Å²) in [6, 6.07) is 6.53. The molecule has 0 bridgehead atoms. The third kappa shape index (κ3) is 5.60. The lowest BCUT2D eigenvalue weighted by Crippen LogP contribution is -2.29. The molecule has 4 nitrogen and oxygen atoms in total. The highest BCUT2D eigenvalue weighted by Gasteiger charge is 2.16. The van der Waals surface area contributed by atoms with Gasteiger partial charge in [0.1, 0.15) is 0 Å². The third-order valence-corrected chi connectivity index (χ3v) is 4.89. The topological polar surface area (TPSA) is 66.4 Å². The molecule has 1 aromatic rings. The zero-order valence-corrected chi connectivity index (χ0v) is 13.4. The largest absolute Gasteiger partial charge is 0.396 e. The number of nitrogens with one attached hydrogen (secondary N) is 1. The van der Waals surface area contributed by atoms with Gasteiger partial charge in [0.2, 0.25) is 10.0 Å². The summed E-state index contributed by atoms with van der Waals surface area (Å²) in [4.78, 5) is 0.259. The highest BCUT2D eigenvalue weighted by atomic mass is 79.9. The average Bonchev–Trinajstić information content (AvgIpc) is 2.37. The Kier molecular flexibility index (Phi) is 6.99. The average molecular weight is 350 g/mol. The maximum atomic E-state index is 12.1. The van der Waals surface area contributed by atoms with Crippen molar-refractivity contribution in [2.45, 2.75) is 31.1 Å². The van der Waals surface area contributed by atoms with Crippen molar-refractivity contribution in [3.63, 3.8) is 0 Å². The number of aliphatic hydroxyl groups is 1. The molecule has 0 aliphatic heterocycles. The van der Waals surface area contributed by atoms with Crippen molar-refractivity contribution < 1.29 is 13.5 Å². The van der Waals surface area contributed by atoms with E-state index in [1.807, 2.05) is 6.92 Å². The zero-order chi connectivity index (χ0) is 14.3. The molecule has 19 heavy (non-hydrogen) atoms. The summed E-state index contributed by atoms with van der Waals surface area (Å²) < 4.78 is 27.6. The van der Waals surface area contributed by atoms with Crippen molar-refractivity contribution in [3.05, 3.63) is 28.7 Å². The smallest absolute Gasteiger partial charge is 0.240 e. The molecule has 6 heteroatoms. The molecule has 108 valence electrons. The molecule has 0 aromatic heterocycles. The molecule has 2 N–H and O–H groups in total. The minimum Gasteiger partial charge on any atom is -0.396 e. The van der Waals surface area contributed by atoms with Crippen LogP contribution in [0.3, 0.4) is 0 Å². The molecule has 1 rings (SSSR count). The predicted octanol–water partition coefficient (Wildman–Crippen LogP) is 2.53. The van der Waals surface area contributed by atoms with Crippen LogP contribution in [0.5, 0.6) is 0 Å².